The number of halogens is 1. The molecule has 2 aromatic rings. The smallest absolute Gasteiger partial charge is 0.183 e. The maximum absolute atomic E-state index is 8.79. The van der Waals surface area contributed by atoms with E-state index in [2.05, 4.69) is 4.98 Å². The van der Waals surface area contributed by atoms with E-state index in [0.29, 0.717) is 17.5 Å². The van der Waals surface area contributed by atoms with E-state index in [1.54, 1.807) is 6.20 Å². The highest BCUT2D eigenvalue weighted by molar-refractivity contribution is 7.15. The van der Waals surface area contributed by atoms with Gasteiger partial charge in [-0.3, -0.25) is 0 Å². The molecule has 0 saturated heterocycles. The van der Waals surface area contributed by atoms with Gasteiger partial charge in [0.2, 0.25) is 0 Å². The van der Waals surface area contributed by atoms with Crippen LogP contribution in [0.4, 0.5) is 0 Å². The summed E-state index contributed by atoms with van der Waals surface area (Å²) >= 11 is 7.14. The van der Waals surface area contributed by atoms with E-state index >= 15 is 0 Å². The number of rotatable bonds is 5. The van der Waals surface area contributed by atoms with Gasteiger partial charge in [-0.15, -0.1) is 11.3 Å². The molecule has 0 aliphatic rings. The zero-order valence-corrected chi connectivity index (χ0v) is 10.7. The summed E-state index contributed by atoms with van der Waals surface area (Å²) in [5, 5.41) is 8.79. The van der Waals surface area contributed by atoms with E-state index in [0.717, 1.165) is 16.2 Å². The Balaban J connectivity index is 1.90. The highest BCUT2D eigenvalue weighted by Crippen LogP contribution is 2.20. The fourth-order valence-electron chi connectivity index (χ4n) is 1.39. The monoisotopic (exact) mass is 269 g/mol. The standard InChI is InChI=1S/C12H12ClNO2S/c13-12-14-7-11(17-12)8-16-10-3-1-9(2-4-10)5-6-15/h1-4,7,15H,5-6,8H2. The second-order valence-electron chi connectivity index (χ2n) is 3.49. The van der Waals surface area contributed by atoms with Crippen molar-refractivity contribution in [2.45, 2.75) is 13.0 Å². The number of hydrogen-bond acceptors (Lipinski definition) is 4. The van der Waals surface area contributed by atoms with Crippen LogP contribution >= 0.6 is 22.9 Å². The Labute approximate surface area is 109 Å². The first-order valence-corrected chi connectivity index (χ1v) is 6.40. The molecule has 0 fully saturated rings. The van der Waals surface area contributed by atoms with E-state index in [1.165, 1.54) is 11.3 Å². The number of benzene rings is 1. The zero-order valence-electron chi connectivity index (χ0n) is 9.10. The Morgan fingerprint density at radius 2 is 2.06 bits per heavy atom. The Hall–Kier alpha value is -1.10. The van der Waals surface area contributed by atoms with Gasteiger partial charge >= 0.3 is 0 Å². The second kappa shape index (κ2) is 6.00. The molecule has 1 heterocycles. The van der Waals surface area contributed by atoms with Gasteiger partial charge in [0.15, 0.2) is 4.47 Å². The van der Waals surface area contributed by atoms with E-state index in [4.69, 9.17) is 21.4 Å². The van der Waals surface area contributed by atoms with Gasteiger partial charge in [0.1, 0.15) is 12.4 Å². The molecule has 0 aliphatic carbocycles. The Bertz CT molecular complexity index is 470. The van der Waals surface area contributed by atoms with E-state index in [-0.39, 0.29) is 6.61 Å². The number of thiazole rings is 1. The lowest BCUT2D eigenvalue weighted by Gasteiger charge is -2.05. The molecule has 0 spiro atoms. The van der Waals surface area contributed by atoms with Crippen molar-refractivity contribution in [3.63, 3.8) is 0 Å². The molecule has 0 saturated carbocycles. The average Bonchev–Trinajstić information content (AvgIpc) is 2.75. The third kappa shape index (κ3) is 3.70. The van der Waals surface area contributed by atoms with Gasteiger partial charge < -0.3 is 9.84 Å². The Morgan fingerprint density at radius 1 is 1.29 bits per heavy atom. The number of ether oxygens (including phenoxy) is 1. The van der Waals surface area contributed by atoms with Crippen LogP contribution in [0.3, 0.4) is 0 Å². The average molecular weight is 270 g/mol. The molecular weight excluding hydrogens is 258 g/mol. The molecule has 17 heavy (non-hydrogen) atoms. The molecule has 0 unspecified atom stereocenters. The molecule has 90 valence electrons. The predicted octanol–water partition coefficient (Wildman–Crippen LogP) is 2.91. The summed E-state index contributed by atoms with van der Waals surface area (Å²) in [7, 11) is 0. The second-order valence-corrected chi connectivity index (χ2v) is 5.18. The summed E-state index contributed by atoms with van der Waals surface area (Å²) in [5.74, 6) is 0.802. The van der Waals surface area contributed by atoms with Crippen LogP contribution in [0.2, 0.25) is 4.47 Å². The SMILES string of the molecule is OCCc1ccc(OCc2cnc(Cl)s2)cc1. The Morgan fingerprint density at radius 3 is 2.65 bits per heavy atom. The lowest BCUT2D eigenvalue weighted by atomic mass is 10.1. The molecule has 1 N–H and O–H groups in total. The third-order valence-electron chi connectivity index (χ3n) is 2.23. The predicted molar refractivity (Wildman–Crippen MR) is 68.7 cm³/mol. The number of hydrogen-bond donors (Lipinski definition) is 1. The summed E-state index contributed by atoms with van der Waals surface area (Å²) in [4.78, 5) is 4.94. The maximum atomic E-state index is 8.79. The van der Waals surface area contributed by atoms with Crippen LogP contribution in [-0.4, -0.2) is 16.7 Å². The van der Waals surface area contributed by atoms with Crippen LogP contribution in [0.25, 0.3) is 0 Å². The van der Waals surface area contributed by atoms with Crippen molar-refractivity contribution in [2.75, 3.05) is 6.61 Å². The van der Waals surface area contributed by atoms with Gasteiger partial charge in [-0.25, -0.2) is 4.98 Å². The van der Waals surface area contributed by atoms with E-state index in [9.17, 15) is 0 Å². The minimum atomic E-state index is 0.166. The molecule has 0 amide bonds. The van der Waals surface area contributed by atoms with Crippen molar-refractivity contribution in [2.24, 2.45) is 0 Å². The first-order chi connectivity index (χ1) is 8.28. The largest absolute Gasteiger partial charge is 0.488 e. The van der Waals surface area contributed by atoms with Crippen LogP contribution in [0, 0.1) is 0 Å². The number of aliphatic hydroxyl groups excluding tert-OH is 1. The number of aromatic nitrogens is 1. The minimum absolute atomic E-state index is 0.166. The minimum Gasteiger partial charge on any atom is -0.488 e. The Kier molecular flexibility index (Phi) is 4.36. The topological polar surface area (TPSA) is 42.4 Å². The fraction of sp³-hybridized carbons (Fsp3) is 0.250. The fourth-order valence-corrected chi connectivity index (χ4v) is 2.28. The molecule has 0 aliphatic heterocycles. The van der Waals surface area contributed by atoms with E-state index < -0.39 is 0 Å². The summed E-state index contributed by atoms with van der Waals surface area (Å²) in [6.07, 6.45) is 2.39. The lowest BCUT2D eigenvalue weighted by molar-refractivity contribution is 0.298. The highest BCUT2D eigenvalue weighted by atomic mass is 35.5. The highest BCUT2D eigenvalue weighted by Gasteiger charge is 2.01. The summed E-state index contributed by atoms with van der Waals surface area (Å²) in [6, 6.07) is 7.69. The molecule has 2 rings (SSSR count). The zero-order chi connectivity index (χ0) is 12.1. The molecule has 5 heteroatoms. The van der Waals surface area contributed by atoms with Gasteiger partial charge in [0.05, 0.1) is 4.88 Å². The first-order valence-electron chi connectivity index (χ1n) is 5.21. The van der Waals surface area contributed by atoms with Gasteiger partial charge in [0.25, 0.3) is 0 Å². The molecule has 1 aromatic carbocycles. The summed E-state index contributed by atoms with van der Waals surface area (Å²) in [5.41, 5.74) is 1.10. The van der Waals surface area contributed by atoms with Crippen molar-refractivity contribution in [3.8, 4) is 5.75 Å². The molecule has 1 aromatic heterocycles. The van der Waals surface area contributed by atoms with Crippen LogP contribution in [0.1, 0.15) is 10.4 Å². The van der Waals surface area contributed by atoms with Crippen molar-refractivity contribution >= 4 is 22.9 Å². The van der Waals surface area contributed by atoms with Crippen molar-refractivity contribution in [1.29, 1.82) is 0 Å². The van der Waals surface area contributed by atoms with Crippen LogP contribution in [0.5, 0.6) is 5.75 Å². The number of aliphatic hydroxyl groups is 1. The van der Waals surface area contributed by atoms with Crippen molar-refractivity contribution < 1.29 is 9.84 Å². The maximum Gasteiger partial charge on any atom is 0.183 e. The van der Waals surface area contributed by atoms with Crippen LogP contribution < -0.4 is 4.74 Å². The number of nitrogens with zero attached hydrogens (tertiary/aromatic N) is 1. The summed E-state index contributed by atoms with van der Waals surface area (Å²) in [6.45, 7) is 0.642. The van der Waals surface area contributed by atoms with Gasteiger partial charge in [-0.05, 0) is 24.1 Å². The lowest BCUT2D eigenvalue weighted by Crippen LogP contribution is -1.94. The van der Waals surface area contributed by atoms with E-state index in [1.807, 2.05) is 24.3 Å². The van der Waals surface area contributed by atoms with Gasteiger partial charge in [0, 0.05) is 12.8 Å². The van der Waals surface area contributed by atoms with Gasteiger partial charge in [-0.1, -0.05) is 23.7 Å². The quantitative estimate of drug-likeness (QED) is 0.908. The molecule has 0 radical (unpaired) electrons. The molecular formula is C12H12ClNO2S. The molecule has 0 atom stereocenters. The van der Waals surface area contributed by atoms with Crippen molar-refractivity contribution in [1.82, 2.24) is 4.98 Å². The van der Waals surface area contributed by atoms with Crippen LogP contribution in [-0.2, 0) is 13.0 Å². The van der Waals surface area contributed by atoms with Crippen LogP contribution in [0.15, 0.2) is 30.5 Å². The third-order valence-corrected chi connectivity index (χ3v) is 3.32. The summed E-state index contributed by atoms with van der Waals surface area (Å²) < 4.78 is 6.12. The van der Waals surface area contributed by atoms with Crippen molar-refractivity contribution in [3.05, 3.63) is 45.4 Å². The normalized spacial score (nSPS) is 10.5. The molecule has 0 bridgehead atoms. The first kappa shape index (κ1) is 12.4. The van der Waals surface area contributed by atoms with Gasteiger partial charge in [-0.2, -0.15) is 0 Å². The molecule has 3 nitrogen and oxygen atoms in total.